The molecule has 0 saturated heterocycles. The minimum Gasteiger partial charge on any atom is -0.484 e. The zero-order valence-corrected chi connectivity index (χ0v) is 16.0. The average molecular weight is 382 g/mol. The lowest BCUT2D eigenvalue weighted by Crippen LogP contribution is -2.30. The zero-order chi connectivity index (χ0) is 18.4. The van der Waals surface area contributed by atoms with Gasteiger partial charge in [0.2, 0.25) is 5.91 Å². The normalized spacial score (nSPS) is 11.2. The topological polar surface area (TPSA) is 88.5 Å². The standard InChI is InChI=1S/C17H23N5O3.ClH/c1-18-16(12-9-19-22(4)10-12)17(24)20-13-6-5-7-14(8-13)25-11-15(23)21(2)3;/h5-10,16,18H,11H2,1-4H3,(H,20,24);1H. The van der Waals surface area contributed by atoms with Gasteiger partial charge in [0.1, 0.15) is 11.8 Å². The van der Waals surface area contributed by atoms with E-state index in [0.717, 1.165) is 5.56 Å². The van der Waals surface area contributed by atoms with E-state index in [4.69, 9.17) is 4.74 Å². The summed E-state index contributed by atoms with van der Waals surface area (Å²) < 4.78 is 7.10. The molecule has 0 saturated carbocycles. The number of hydrogen-bond acceptors (Lipinski definition) is 5. The maximum absolute atomic E-state index is 12.5. The number of likely N-dealkylation sites (N-methyl/N-ethyl adjacent to an activating group) is 2. The molecule has 0 bridgehead atoms. The van der Waals surface area contributed by atoms with Crippen molar-refractivity contribution in [3.8, 4) is 5.75 Å². The lowest BCUT2D eigenvalue weighted by atomic mass is 10.1. The second-order valence-electron chi connectivity index (χ2n) is 5.76. The van der Waals surface area contributed by atoms with Crippen molar-refractivity contribution in [2.24, 2.45) is 7.05 Å². The quantitative estimate of drug-likeness (QED) is 0.752. The summed E-state index contributed by atoms with van der Waals surface area (Å²) in [6.07, 6.45) is 3.43. The number of amides is 2. The van der Waals surface area contributed by atoms with Gasteiger partial charge in [0, 0.05) is 44.7 Å². The minimum absolute atomic E-state index is 0. The Balaban J connectivity index is 0.00000338. The third-order valence-electron chi connectivity index (χ3n) is 3.57. The Morgan fingerprint density at radius 2 is 2.08 bits per heavy atom. The van der Waals surface area contributed by atoms with E-state index in [9.17, 15) is 9.59 Å². The van der Waals surface area contributed by atoms with Crippen LogP contribution in [0.15, 0.2) is 36.7 Å². The smallest absolute Gasteiger partial charge is 0.259 e. The molecule has 1 heterocycles. The highest BCUT2D eigenvalue weighted by atomic mass is 35.5. The van der Waals surface area contributed by atoms with Crippen LogP contribution < -0.4 is 15.4 Å². The van der Waals surface area contributed by atoms with Crippen molar-refractivity contribution >= 4 is 29.9 Å². The number of ether oxygens (including phenoxy) is 1. The van der Waals surface area contributed by atoms with Crippen molar-refractivity contribution < 1.29 is 14.3 Å². The van der Waals surface area contributed by atoms with Gasteiger partial charge >= 0.3 is 0 Å². The van der Waals surface area contributed by atoms with Crippen LogP contribution in [-0.4, -0.2) is 54.2 Å². The van der Waals surface area contributed by atoms with Gasteiger partial charge in [-0.25, -0.2) is 0 Å². The van der Waals surface area contributed by atoms with Crippen molar-refractivity contribution in [2.45, 2.75) is 6.04 Å². The summed E-state index contributed by atoms with van der Waals surface area (Å²) in [6, 6.07) is 6.40. The molecule has 0 spiro atoms. The monoisotopic (exact) mass is 381 g/mol. The maximum Gasteiger partial charge on any atom is 0.259 e. The molecule has 0 aliphatic rings. The molecule has 1 aromatic carbocycles. The van der Waals surface area contributed by atoms with E-state index < -0.39 is 6.04 Å². The average Bonchev–Trinajstić information content (AvgIpc) is 2.99. The van der Waals surface area contributed by atoms with Crippen molar-refractivity contribution in [1.29, 1.82) is 0 Å². The number of benzene rings is 1. The number of nitrogens with one attached hydrogen (secondary N) is 2. The molecule has 2 N–H and O–H groups in total. The number of hydrogen-bond donors (Lipinski definition) is 2. The predicted octanol–water partition coefficient (Wildman–Crippen LogP) is 1.21. The molecule has 9 heteroatoms. The van der Waals surface area contributed by atoms with Gasteiger partial charge in [-0.3, -0.25) is 14.3 Å². The van der Waals surface area contributed by atoms with Gasteiger partial charge in [-0.05, 0) is 19.2 Å². The van der Waals surface area contributed by atoms with Gasteiger partial charge in [0.25, 0.3) is 5.91 Å². The van der Waals surface area contributed by atoms with Gasteiger partial charge in [0.15, 0.2) is 6.61 Å². The highest BCUT2D eigenvalue weighted by Crippen LogP contribution is 2.20. The first-order chi connectivity index (χ1) is 11.9. The molecule has 8 nitrogen and oxygen atoms in total. The number of aryl methyl sites for hydroxylation is 1. The number of anilines is 1. The number of halogens is 1. The summed E-state index contributed by atoms with van der Waals surface area (Å²) >= 11 is 0. The minimum atomic E-state index is -0.520. The van der Waals surface area contributed by atoms with Gasteiger partial charge < -0.3 is 20.3 Å². The Hall–Kier alpha value is -2.58. The van der Waals surface area contributed by atoms with Crippen LogP contribution >= 0.6 is 12.4 Å². The molecule has 1 unspecified atom stereocenters. The van der Waals surface area contributed by atoms with Crippen molar-refractivity contribution in [3.63, 3.8) is 0 Å². The van der Waals surface area contributed by atoms with Gasteiger partial charge in [-0.1, -0.05) is 6.07 Å². The summed E-state index contributed by atoms with van der Waals surface area (Å²) in [5.74, 6) is 0.161. The summed E-state index contributed by atoms with van der Waals surface area (Å²) in [5.41, 5.74) is 1.36. The maximum atomic E-state index is 12.5. The van der Waals surface area contributed by atoms with Crippen molar-refractivity contribution in [3.05, 3.63) is 42.2 Å². The van der Waals surface area contributed by atoms with Crippen LogP contribution in [0, 0.1) is 0 Å². The van der Waals surface area contributed by atoms with Crippen LogP contribution in [0.3, 0.4) is 0 Å². The van der Waals surface area contributed by atoms with Crippen LogP contribution in [-0.2, 0) is 16.6 Å². The predicted molar refractivity (Wildman–Crippen MR) is 102 cm³/mol. The van der Waals surface area contributed by atoms with Crippen LogP contribution in [0.2, 0.25) is 0 Å². The lowest BCUT2D eigenvalue weighted by Gasteiger charge is -2.15. The molecule has 0 fully saturated rings. The van der Waals surface area contributed by atoms with E-state index >= 15 is 0 Å². The molecular formula is C17H24ClN5O3. The lowest BCUT2D eigenvalue weighted by molar-refractivity contribution is -0.130. The number of rotatable bonds is 7. The zero-order valence-electron chi connectivity index (χ0n) is 15.2. The van der Waals surface area contributed by atoms with E-state index in [1.165, 1.54) is 4.90 Å². The van der Waals surface area contributed by atoms with Crippen LogP contribution in [0.1, 0.15) is 11.6 Å². The summed E-state index contributed by atoms with van der Waals surface area (Å²) in [5, 5.41) is 9.89. The Labute approximate surface area is 158 Å². The number of carbonyl (C=O) groups is 2. The molecule has 1 atom stereocenters. The van der Waals surface area contributed by atoms with Gasteiger partial charge in [0.05, 0.1) is 6.20 Å². The van der Waals surface area contributed by atoms with Crippen molar-refractivity contribution in [1.82, 2.24) is 20.0 Å². The second kappa shape index (κ2) is 9.79. The Morgan fingerprint density at radius 1 is 1.35 bits per heavy atom. The number of carbonyl (C=O) groups excluding carboxylic acids is 2. The molecule has 0 aliphatic carbocycles. The second-order valence-corrected chi connectivity index (χ2v) is 5.76. The number of aromatic nitrogens is 2. The van der Waals surface area contributed by atoms with Crippen LogP contribution in [0.5, 0.6) is 5.75 Å². The highest BCUT2D eigenvalue weighted by molar-refractivity contribution is 5.95. The first kappa shape index (κ1) is 21.5. The van der Waals surface area contributed by atoms with Crippen LogP contribution in [0.4, 0.5) is 5.69 Å². The molecule has 1 aromatic heterocycles. The third-order valence-corrected chi connectivity index (χ3v) is 3.57. The SMILES string of the molecule is CNC(C(=O)Nc1cccc(OCC(=O)N(C)C)c1)c1cnn(C)c1.Cl. The summed E-state index contributed by atoms with van der Waals surface area (Å²) in [4.78, 5) is 25.5. The molecule has 142 valence electrons. The molecule has 2 rings (SSSR count). The molecule has 2 aromatic rings. The molecule has 26 heavy (non-hydrogen) atoms. The molecule has 2 amide bonds. The molecule has 0 aliphatic heterocycles. The third kappa shape index (κ3) is 5.75. The first-order valence-electron chi connectivity index (χ1n) is 7.80. The van der Waals surface area contributed by atoms with E-state index in [-0.39, 0.29) is 30.8 Å². The van der Waals surface area contributed by atoms with E-state index in [1.807, 2.05) is 0 Å². The van der Waals surface area contributed by atoms with Gasteiger partial charge in [-0.2, -0.15) is 5.10 Å². The fourth-order valence-electron chi connectivity index (χ4n) is 2.19. The summed E-state index contributed by atoms with van der Waals surface area (Å²) in [6.45, 7) is -0.0563. The van der Waals surface area contributed by atoms with Crippen LogP contribution in [0.25, 0.3) is 0 Å². The van der Waals surface area contributed by atoms with Crippen molar-refractivity contribution in [2.75, 3.05) is 33.1 Å². The Kier molecular flexibility index (Phi) is 8.08. The number of nitrogens with zero attached hydrogens (tertiary/aromatic N) is 3. The van der Waals surface area contributed by atoms with E-state index in [2.05, 4.69) is 15.7 Å². The molecule has 0 radical (unpaired) electrons. The largest absolute Gasteiger partial charge is 0.484 e. The fourth-order valence-corrected chi connectivity index (χ4v) is 2.19. The Morgan fingerprint density at radius 3 is 2.65 bits per heavy atom. The first-order valence-corrected chi connectivity index (χ1v) is 7.80. The fraction of sp³-hybridized carbons (Fsp3) is 0.353. The van der Waals surface area contributed by atoms with E-state index in [1.54, 1.807) is 69.5 Å². The molecular weight excluding hydrogens is 358 g/mol. The highest BCUT2D eigenvalue weighted by Gasteiger charge is 2.20. The summed E-state index contributed by atoms with van der Waals surface area (Å²) in [7, 11) is 6.84. The Bertz CT molecular complexity index is 748. The van der Waals surface area contributed by atoms with Gasteiger partial charge in [-0.15, -0.1) is 12.4 Å². The van der Waals surface area contributed by atoms with E-state index in [0.29, 0.717) is 11.4 Å².